The van der Waals surface area contributed by atoms with Crippen molar-refractivity contribution in [2.75, 3.05) is 17.6 Å². The highest BCUT2D eigenvalue weighted by Gasteiger charge is 2.10. The summed E-state index contributed by atoms with van der Waals surface area (Å²) in [6, 6.07) is 13.4. The van der Waals surface area contributed by atoms with Gasteiger partial charge in [0.05, 0.1) is 10.7 Å². The molecule has 2 amide bonds. The van der Waals surface area contributed by atoms with E-state index in [1.165, 1.54) is 35.2 Å². The fourth-order valence-corrected chi connectivity index (χ4v) is 4.49. The number of non-ortho nitro benzene ring substituents is 1. The number of amides is 2. The summed E-state index contributed by atoms with van der Waals surface area (Å²) in [4.78, 5) is 34.5. The molecule has 0 aliphatic rings. The molecule has 2 N–H and O–H groups in total. The maximum atomic E-state index is 12.1. The average Bonchev–Trinajstić information content (AvgIpc) is 3.21. The monoisotopic (exact) mass is 535 g/mol. The van der Waals surface area contributed by atoms with E-state index < -0.39 is 4.92 Å². The third kappa shape index (κ3) is 7.39. The van der Waals surface area contributed by atoms with Crippen LogP contribution in [-0.4, -0.2) is 39.2 Å². The van der Waals surface area contributed by atoms with Crippen molar-refractivity contribution >= 4 is 61.7 Å². The van der Waals surface area contributed by atoms with Gasteiger partial charge in [0.25, 0.3) is 11.6 Å². The Morgan fingerprint density at radius 1 is 1.16 bits per heavy atom. The Bertz CT molecular complexity index is 1110. The second-order valence-electron chi connectivity index (χ2n) is 6.48. The molecule has 0 aliphatic heterocycles. The maximum absolute atomic E-state index is 12.1. The minimum atomic E-state index is -0.447. The van der Waals surface area contributed by atoms with Crippen LogP contribution in [0.25, 0.3) is 0 Å². The van der Waals surface area contributed by atoms with E-state index in [0.717, 1.165) is 10.0 Å². The summed E-state index contributed by atoms with van der Waals surface area (Å²) in [7, 11) is 0. The number of carbonyl (C=O) groups excluding carboxylic acids is 2. The third-order valence-corrected chi connectivity index (χ3v) is 6.47. The summed E-state index contributed by atoms with van der Waals surface area (Å²) in [5.41, 5.74) is 1.50. The lowest BCUT2D eigenvalue weighted by atomic mass is 10.2. The molecule has 0 saturated carbocycles. The molecule has 0 bridgehead atoms. The Morgan fingerprint density at radius 3 is 2.66 bits per heavy atom. The normalized spacial score (nSPS) is 10.5. The van der Waals surface area contributed by atoms with Crippen molar-refractivity contribution in [3.05, 3.63) is 79.3 Å². The molecular weight excluding hydrogens is 518 g/mol. The SMILES string of the molecule is O=C(CSCc1ccc([N+](=O)[O-])cc1)Nc1nnc(CCNC(=O)c2cccc(Br)c2)s1. The molecule has 32 heavy (non-hydrogen) atoms. The molecule has 0 aliphatic carbocycles. The van der Waals surface area contributed by atoms with Crippen LogP contribution in [0.5, 0.6) is 0 Å². The number of nitro groups is 1. The fraction of sp³-hybridized carbons (Fsp3) is 0.200. The van der Waals surface area contributed by atoms with E-state index in [2.05, 4.69) is 36.8 Å². The van der Waals surface area contributed by atoms with E-state index in [4.69, 9.17) is 0 Å². The summed E-state index contributed by atoms with van der Waals surface area (Å²) in [6.07, 6.45) is 0.502. The molecule has 12 heteroatoms. The molecular formula is C20H18BrN5O4S2. The van der Waals surface area contributed by atoms with Gasteiger partial charge in [-0.05, 0) is 23.8 Å². The van der Waals surface area contributed by atoms with Crippen LogP contribution < -0.4 is 10.6 Å². The van der Waals surface area contributed by atoms with Gasteiger partial charge in [-0.15, -0.1) is 22.0 Å². The molecule has 0 unspecified atom stereocenters. The van der Waals surface area contributed by atoms with E-state index >= 15 is 0 Å². The zero-order chi connectivity index (χ0) is 22.9. The second kappa shape index (κ2) is 11.7. The number of aromatic nitrogens is 2. The van der Waals surface area contributed by atoms with Gasteiger partial charge in [0.15, 0.2) is 0 Å². The Balaban J connectivity index is 1.37. The topological polar surface area (TPSA) is 127 Å². The van der Waals surface area contributed by atoms with Crippen LogP contribution in [0.2, 0.25) is 0 Å². The summed E-state index contributed by atoms with van der Waals surface area (Å²) in [6.45, 7) is 0.402. The molecule has 2 aromatic carbocycles. The Morgan fingerprint density at radius 2 is 1.94 bits per heavy atom. The largest absolute Gasteiger partial charge is 0.352 e. The van der Waals surface area contributed by atoms with Gasteiger partial charge in [-0.1, -0.05) is 45.5 Å². The minimum absolute atomic E-state index is 0.0382. The number of halogens is 1. The van der Waals surface area contributed by atoms with E-state index in [1.807, 2.05) is 6.07 Å². The summed E-state index contributed by atoms with van der Waals surface area (Å²) >= 11 is 5.99. The lowest BCUT2D eigenvalue weighted by Gasteiger charge is -2.04. The van der Waals surface area contributed by atoms with E-state index in [1.54, 1.807) is 30.3 Å². The zero-order valence-corrected chi connectivity index (χ0v) is 19.8. The van der Waals surface area contributed by atoms with Crippen LogP contribution >= 0.6 is 39.0 Å². The van der Waals surface area contributed by atoms with E-state index in [-0.39, 0.29) is 23.3 Å². The zero-order valence-electron chi connectivity index (χ0n) is 16.6. The highest BCUT2D eigenvalue weighted by atomic mass is 79.9. The van der Waals surface area contributed by atoms with Crippen molar-refractivity contribution < 1.29 is 14.5 Å². The smallest absolute Gasteiger partial charge is 0.269 e. The van der Waals surface area contributed by atoms with Gasteiger partial charge in [-0.25, -0.2) is 0 Å². The highest BCUT2D eigenvalue weighted by molar-refractivity contribution is 9.10. The number of anilines is 1. The van der Waals surface area contributed by atoms with Crippen molar-refractivity contribution in [2.45, 2.75) is 12.2 Å². The van der Waals surface area contributed by atoms with Crippen molar-refractivity contribution in [3.8, 4) is 0 Å². The predicted octanol–water partition coefficient (Wildman–Crippen LogP) is 4.05. The average molecular weight is 536 g/mol. The van der Waals surface area contributed by atoms with Gasteiger partial charge in [0.1, 0.15) is 5.01 Å². The van der Waals surface area contributed by atoms with Gasteiger partial charge < -0.3 is 5.32 Å². The molecule has 1 aromatic heterocycles. The van der Waals surface area contributed by atoms with Gasteiger partial charge >= 0.3 is 0 Å². The Labute approximate surface area is 200 Å². The van der Waals surface area contributed by atoms with Crippen LogP contribution in [0.4, 0.5) is 10.8 Å². The summed E-state index contributed by atoms with van der Waals surface area (Å²) in [5.74, 6) is 0.399. The van der Waals surface area contributed by atoms with Crippen LogP contribution in [-0.2, 0) is 17.0 Å². The van der Waals surface area contributed by atoms with Gasteiger partial charge in [-0.3, -0.25) is 25.0 Å². The first-order chi connectivity index (χ1) is 15.4. The lowest BCUT2D eigenvalue weighted by molar-refractivity contribution is -0.384. The molecule has 1 heterocycles. The summed E-state index contributed by atoms with van der Waals surface area (Å²) < 4.78 is 0.834. The number of nitrogens with one attached hydrogen (secondary N) is 2. The number of thioether (sulfide) groups is 1. The van der Waals surface area contributed by atoms with Crippen LogP contribution in [0.15, 0.2) is 53.0 Å². The van der Waals surface area contributed by atoms with Gasteiger partial charge in [0, 0.05) is 40.9 Å². The van der Waals surface area contributed by atoms with Crippen molar-refractivity contribution in [2.24, 2.45) is 0 Å². The second-order valence-corrected chi connectivity index (χ2v) is 9.45. The number of hydrogen-bond donors (Lipinski definition) is 2. The van der Waals surface area contributed by atoms with E-state index in [0.29, 0.717) is 34.4 Å². The first-order valence-electron chi connectivity index (χ1n) is 9.38. The molecule has 9 nitrogen and oxygen atoms in total. The quantitative estimate of drug-likeness (QED) is 0.296. The van der Waals surface area contributed by atoms with Crippen molar-refractivity contribution in [3.63, 3.8) is 0 Å². The van der Waals surface area contributed by atoms with Crippen molar-refractivity contribution in [1.29, 1.82) is 0 Å². The molecule has 0 fully saturated rings. The standard InChI is InChI=1S/C20H18BrN5O4S2/c21-15-3-1-2-14(10-15)19(28)22-9-8-18-24-25-20(32-18)23-17(27)12-31-11-13-4-6-16(7-5-13)26(29)30/h1-7,10H,8-9,11-12H2,(H,22,28)(H,23,25,27). The molecule has 166 valence electrons. The van der Waals surface area contributed by atoms with Crippen LogP contribution in [0.3, 0.4) is 0 Å². The van der Waals surface area contributed by atoms with Crippen molar-refractivity contribution in [1.82, 2.24) is 15.5 Å². The van der Waals surface area contributed by atoms with Crippen LogP contribution in [0, 0.1) is 10.1 Å². The van der Waals surface area contributed by atoms with Gasteiger partial charge in [0.2, 0.25) is 11.0 Å². The third-order valence-electron chi connectivity index (χ3n) is 4.07. The lowest BCUT2D eigenvalue weighted by Crippen LogP contribution is -2.25. The molecule has 0 saturated heterocycles. The minimum Gasteiger partial charge on any atom is -0.352 e. The maximum Gasteiger partial charge on any atom is 0.269 e. The predicted molar refractivity (Wildman–Crippen MR) is 128 cm³/mol. The highest BCUT2D eigenvalue weighted by Crippen LogP contribution is 2.19. The molecule has 3 rings (SSSR count). The Kier molecular flexibility index (Phi) is 8.71. The van der Waals surface area contributed by atoms with Crippen LogP contribution in [0.1, 0.15) is 20.9 Å². The summed E-state index contributed by atoms with van der Waals surface area (Å²) in [5, 5.41) is 25.3. The first-order valence-corrected chi connectivity index (χ1v) is 12.1. The molecule has 3 aromatic rings. The number of rotatable bonds is 10. The Hall–Kier alpha value is -2.83. The number of nitro benzene ring substituents is 1. The van der Waals surface area contributed by atoms with E-state index in [9.17, 15) is 19.7 Å². The number of nitrogens with zero attached hydrogens (tertiary/aromatic N) is 3. The van der Waals surface area contributed by atoms with Gasteiger partial charge in [-0.2, -0.15) is 0 Å². The molecule has 0 spiro atoms. The molecule has 0 atom stereocenters. The first kappa shape index (κ1) is 23.8. The number of benzene rings is 2. The molecule has 0 radical (unpaired) electrons. The fourth-order valence-electron chi connectivity index (χ4n) is 2.55. The number of carbonyl (C=O) groups is 2. The number of hydrogen-bond acceptors (Lipinski definition) is 8.